The van der Waals surface area contributed by atoms with Gasteiger partial charge in [-0.15, -0.1) is 0 Å². The van der Waals surface area contributed by atoms with Crippen LogP contribution in [-0.4, -0.2) is 5.11 Å². The first-order valence-electron chi connectivity index (χ1n) is 6.68. The number of aryl methyl sites for hydroxylation is 1. The lowest BCUT2D eigenvalue weighted by atomic mass is 9.88. The van der Waals surface area contributed by atoms with E-state index in [1.165, 1.54) is 17.7 Å². The summed E-state index contributed by atoms with van der Waals surface area (Å²) in [6.07, 6.45) is 0.947. The van der Waals surface area contributed by atoms with E-state index in [-0.39, 0.29) is 12.0 Å². The molecule has 1 unspecified atom stereocenters. The Kier molecular flexibility index (Phi) is 4.19. The van der Waals surface area contributed by atoms with Crippen LogP contribution < -0.4 is 0 Å². The molecule has 0 aromatic heterocycles. The number of rotatable bonds is 4. The Morgan fingerprint density at radius 3 is 2.30 bits per heavy atom. The molecule has 0 fully saturated rings. The van der Waals surface area contributed by atoms with Crippen molar-refractivity contribution in [2.75, 3.05) is 0 Å². The van der Waals surface area contributed by atoms with Gasteiger partial charge in [0.05, 0.1) is 5.60 Å². The molecule has 0 saturated carbocycles. The van der Waals surface area contributed by atoms with Crippen molar-refractivity contribution in [1.82, 2.24) is 0 Å². The van der Waals surface area contributed by atoms with E-state index in [4.69, 9.17) is 0 Å². The third-order valence-electron chi connectivity index (χ3n) is 3.55. The maximum absolute atomic E-state index is 13.7. The molecule has 0 saturated heterocycles. The third kappa shape index (κ3) is 3.05. The van der Waals surface area contributed by atoms with Gasteiger partial charge in [-0.25, -0.2) is 8.78 Å². The first-order chi connectivity index (χ1) is 9.44. The molecule has 0 aliphatic heterocycles. The lowest BCUT2D eigenvalue weighted by Gasteiger charge is -2.24. The number of benzene rings is 2. The topological polar surface area (TPSA) is 20.2 Å². The van der Waals surface area contributed by atoms with Crippen LogP contribution >= 0.6 is 0 Å². The molecular weight excluding hydrogens is 258 g/mol. The van der Waals surface area contributed by atoms with Crippen molar-refractivity contribution in [2.45, 2.75) is 32.3 Å². The standard InChI is InChI=1S/C17H18F2O/c1-3-12-7-9-14(10-8-12)17(2,20)11-13-5-4-6-15(18)16(13)19/h4-10,20H,3,11H2,1-2H3. The highest BCUT2D eigenvalue weighted by Crippen LogP contribution is 2.27. The van der Waals surface area contributed by atoms with Gasteiger partial charge in [-0.1, -0.05) is 43.3 Å². The highest BCUT2D eigenvalue weighted by Gasteiger charge is 2.25. The van der Waals surface area contributed by atoms with Crippen LogP contribution in [0.2, 0.25) is 0 Å². The molecule has 1 N–H and O–H groups in total. The maximum Gasteiger partial charge on any atom is 0.162 e. The Balaban J connectivity index is 2.27. The molecule has 1 atom stereocenters. The summed E-state index contributed by atoms with van der Waals surface area (Å²) >= 11 is 0. The fourth-order valence-electron chi connectivity index (χ4n) is 2.26. The van der Waals surface area contributed by atoms with Crippen LogP contribution in [-0.2, 0) is 18.4 Å². The monoisotopic (exact) mass is 276 g/mol. The molecule has 0 amide bonds. The molecule has 2 rings (SSSR count). The van der Waals surface area contributed by atoms with E-state index < -0.39 is 17.2 Å². The average Bonchev–Trinajstić information content (AvgIpc) is 2.44. The van der Waals surface area contributed by atoms with Crippen LogP contribution in [0.25, 0.3) is 0 Å². The number of aliphatic hydroxyl groups is 1. The summed E-state index contributed by atoms with van der Waals surface area (Å²) in [5.74, 6) is -1.78. The van der Waals surface area contributed by atoms with Gasteiger partial charge in [-0.2, -0.15) is 0 Å². The molecule has 106 valence electrons. The first-order valence-corrected chi connectivity index (χ1v) is 6.68. The molecule has 0 bridgehead atoms. The van der Waals surface area contributed by atoms with Crippen LogP contribution in [0.5, 0.6) is 0 Å². The minimum atomic E-state index is -1.24. The molecule has 0 spiro atoms. The van der Waals surface area contributed by atoms with Crippen molar-refractivity contribution in [2.24, 2.45) is 0 Å². The molecule has 20 heavy (non-hydrogen) atoms. The van der Waals surface area contributed by atoms with Crippen molar-refractivity contribution in [3.63, 3.8) is 0 Å². The van der Waals surface area contributed by atoms with Gasteiger partial charge in [-0.05, 0) is 36.1 Å². The summed E-state index contributed by atoms with van der Waals surface area (Å²) in [5, 5.41) is 10.5. The summed E-state index contributed by atoms with van der Waals surface area (Å²) < 4.78 is 26.9. The molecule has 2 aromatic rings. The van der Waals surface area contributed by atoms with Crippen molar-refractivity contribution >= 4 is 0 Å². The van der Waals surface area contributed by atoms with E-state index in [0.29, 0.717) is 5.56 Å². The van der Waals surface area contributed by atoms with E-state index >= 15 is 0 Å². The van der Waals surface area contributed by atoms with E-state index in [9.17, 15) is 13.9 Å². The van der Waals surface area contributed by atoms with E-state index in [1.807, 2.05) is 24.3 Å². The van der Waals surface area contributed by atoms with Gasteiger partial charge in [-0.3, -0.25) is 0 Å². The largest absolute Gasteiger partial charge is 0.385 e. The molecule has 0 aliphatic rings. The van der Waals surface area contributed by atoms with Crippen LogP contribution in [0, 0.1) is 11.6 Å². The fraction of sp³-hybridized carbons (Fsp3) is 0.294. The summed E-state index contributed by atoms with van der Waals surface area (Å²) in [6, 6.07) is 11.5. The Morgan fingerprint density at radius 2 is 1.70 bits per heavy atom. The number of hydrogen-bond acceptors (Lipinski definition) is 1. The van der Waals surface area contributed by atoms with E-state index in [1.54, 1.807) is 6.92 Å². The van der Waals surface area contributed by atoms with Crippen molar-refractivity contribution < 1.29 is 13.9 Å². The lowest BCUT2D eigenvalue weighted by molar-refractivity contribution is 0.0565. The normalized spacial score (nSPS) is 14.1. The molecule has 3 heteroatoms. The summed E-state index contributed by atoms with van der Waals surface area (Å²) in [4.78, 5) is 0. The van der Waals surface area contributed by atoms with Crippen LogP contribution in [0.15, 0.2) is 42.5 Å². The van der Waals surface area contributed by atoms with E-state index in [0.717, 1.165) is 12.5 Å². The predicted molar refractivity (Wildman–Crippen MR) is 75.5 cm³/mol. The molecule has 0 radical (unpaired) electrons. The van der Waals surface area contributed by atoms with Gasteiger partial charge in [0, 0.05) is 6.42 Å². The minimum Gasteiger partial charge on any atom is -0.385 e. The van der Waals surface area contributed by atoms with Gasteiger partial charge >= 0.3 is 0 Å². The first kappa shape index (κ1) is 14.7. The van der Waals surface area contributed by atoms with Gasteiger partial charge in [0.25, 0.3) is 0 Å². The van der Waals surface area contributed by atoms with Crippen LogP contribution in [0.1, 0.15) is 30.5 Å². The minimum absolute atomic E-state index is 0.0298. The Labute approximate surface area is 117 Å². The Morgan fingerprint density at radius 1 is 1.05 bits per heavy atom. The summed E-state index contributed by atoms with van der Waals surface area (Å²) in [7, 11) is 0. The second-order valence-corrected chi connectivity index (χ2v) is 5.21. The zero-order valence-corrected chi connectivity index (χ0v) is 11.7. The van der Waals surface area contributed by atoms with Gasteiger partial charge in [0.15, 0.2) is 11.6 Å². The number of halogens is 2. The van der Waals surface area contributed by atoms with Gasteiger partial charge in [0.2, 0.25) is 0 Å². The Hall–Kier alpha value is -1.74. The molecule has 1 nitrogen and oxygen atoms in total. The molecular formula is C17H18F2O. The molecule has 2 aromatic carbocycles. The fourth-order valence-corrected chi connectivity index (χ4v) is 2.26. The van der Waals surface area contributed by atoms with Crippen LogP contribution in [0.3, 0.4) is 0 Å². The van der Waals surface area contributed by atoms with E-state index in [2.05, 4.69) is 6.92 Å². The maximum atomic E-state index is 13.7. The van der Waals surface area contributed by atoms with Gasteiger partial charge < -0.3 is 5.11 Å². The van der Waals surface area contributed by atoms with Crippen molar-refractivity contribution in [3.05, 3.63) is 70.8 Å². The van der Waals surface area contributed by atoms with Crippen LogP contribution in [0.4, 0.5) is 8.78 Å². The summed E-state index contributed by atoms with van der Waals surface area (Å²) in [6.45, 7) is 3.66. The summed E-state index contributed by atoms with van der Waals surface area (Å²) in [5.41, 5.74) is 0.801. The SMILES string of the molecule is CCc1ccc(C(C)(O)Cc2cccc(F)c2F)cc1. The highest BCUT2D eigenvalue weighted by molar-refractivity contribution is 5.30. The number of hydrogen-bond donors (Lipinski definition) is 1. The zero-order valence-electron chi connectivity index (χ0n) is 11.7. The molecule has 0 heterocycles. The second kappa shape index (κ2) is 5.71. The van der Waals surface area contributed by atoms with Gasteiger partial charge in [0.1, 0.15) is 0 Å². The quantitative estimate of drug-likeness (QED) is 0.895. The lowest BCUT2D eigenvalue weighted by Crippen LogP contribution is -2.25. The average molecular weight is 276 g/mol. The Bertz CT molecular complexity index is 588. The second-order valence-electron chi connectivity index (χ2n) is 5.21. The zero-order chi connectivity index (χ0) is 14.8. The van der Waals surface area contributed by atoms with Crippen molar-refractivity contribution in [1.29, 1.82) is 0 Å². The predicted octanol–water partition coefficient (Wildman–Crippen LogP) is 3.98. The molecule has 0 aliphatic carbocycles. The highest BCUT2D eigenvalue weighted by atomic mass is 19.2. The smallest absolute Gasteiger partial charge is 0.162 e. The van der Waals surface area contributed by atoms with Crippen molar-refractivity contribution in [3.8, 4) is 0 Å². The third-order valence-corrected chi connectivity index (χ3v) is 3.55.